The molecule has 1 N–H and O–H groups in total. The van der Waals surface area contributed by atoms with Gasteiger partial charge in [0.25, 0.3) is 0 Å². The predicted octanol–water partition coefficient (Wildman–Crippen LogP) is 4.81. The standard InChI is InChI=1S/C16H23N3S/c1-3-8-17-15-13-7-9-20-16(13)19-14(18-15)12-6-5-11(4-2)10-12/h7,9,11-12H,3-6,8,10H2,1-2H3,(H,17,18,19). The van der Waals surface area contributed by atoms with Crippen molar-refractivity contribution in [2.75, 3.05) is 11.9 Å². The van der Waals surface area contributed by atoms with Crippen molar-refractivity contribution in [3.05, 3.63) is 17.3 Å². The molecule has 4 heteroatoms. The molecule has 2 aromatic heterocycles. The monoisotopic (exact) mass is 289 g/mol. The third-order valence-corrected chi connectivity index (χ3v) is 5.18. The van der Waals surface area contributed by atoms with Crippen LogP contribution in [0.5, 0.6) is 0 Å². The highest BCUT2D eigenvalue weighted by Crippen LogP contribution is 2.39. The number of nitrogens with one attached hydrogen (secondary N) is 1. The van der Waals surface area contributed by atoms with E-state index in [2.05, 4.69) is 30.6 Å². The Morgan fingerprint density at radius 3 is 2.95 bits per heavy atom. The number of anilines is 1. The van der Waals surface area contributed by atoms with Crippen molar-refractivity contribution in [2.24, 2.45) is 5.92 Å². The molecule has 3 nitrogen and oxygen atoms in total. The summed E-state index contributed by atoms with van der Waals surface area (Å²) >= 11 is 1.72. The maximum Gasteiger partial charge on any atom is 0.138 e. The fourth-order valence-corrected chi connectivity index (χ4v) is 3.88. The first kappa shape index (κ1) is 13.8. The molecule has 108 valence electrons. The number of thiophene rings is 1. The van der Waals surface area contributed by atoms with Crippen LogP contribution >= 0.6 is 11.3 Å². The van der Waals surface area contributed by atoms with E-state index in [0.29, 0.717) is 5.92 Å². The average molecular weight is 289 g/mol. The minimum absolute atomic E-state index is 0.564. The molecule has 1 aliphatic rings. The zero-order valence-corrected chi connectivity index (χ0v) is 13.2. The van der Waals surface area contributed by atoms with Gasteiger partial charge < -0.3 is 5.32 Å². The molecule has 1 fully saturated rings. The van der Waals surface area contributed by atoms with E-state index < -0.39 is 0 Å². The van der Waals surface area contributed by atoms with Gasteiger partial charge in [0.2, 0.25) is 0 Å². The second kappa shape index (κ2) is 6.08. The summed E-state index contributed by atoms with van der Waals surface area (Å²) in [5.41, 5.74) is 0. The van der Waals surface area contributed by atoms with E-state index >= 15 is 0 Å². The number of hydrogen-bond donors (Lipinski definition) is 1. The Labute approximate surface area is 124 Å². The van der Waals surface area contributed by atoms with Crippen LogP contribution in [0.1, 0.15) is 57.7 Å². The molecular formula is C16H23N3S. The van der Waals surface area contributed by atoms with Gasteiger partial charge in [-0.15, -0.1) is 11.3 Å². The van der Waals surface area contributed by atoms with Crippen molar-refractivity contribution in [3.63, 3.8) is 0 Å². The lowest BCUT2D eigenvalue weighted by Crippen LogP contribution is -2.07. The Balaban J connectivity index is 1.91. The lowest BCUT2D eigenvalue weighted by molar-refractivity contribution is 0.517. The van der Waals surface area contributed by atoms with E-state index in [4.69, 9.17) is 9.97 Å². The highest BCUT2D eigenvalue weighted by Gasteiger charge is 2.27. The van der Waals surface area contributed by atoms with E-state index in [1.165, 1.54) is 31.1 Å². The zero-order chi connectivity index (χ0) is 13.9. The lowest BCUT2D eigenvalue weighted by Gasteiger charge is -2.12. The molecule has 2 heterocycles. The summed E-state index contributed by atoms with van der Waals surface area (Å²) in [6.07, 6.45) is 6.26. The van der Waals surface area contributed by atoms with Gasteiger partial charge in [-0.3, -0.25) is 0 Å². The average Bonchev–Trinajstić information content (AvgIpc) is 3.12. The quantitative estimate of drug-likeness (QED) is 0.858. The van der Waals surface area contributed by atoms with Crippen LogP contribution in [-0.4, -0.2) is 16.5 Å². The molecule has 0 radical (unpaired) electrons. The molecule has 0 saturated heterocycles. The molecule has 0 amide bonds. The second-order valence-corrected chi connectivity index (χ2v) is 6.68. The van der Waals surface area contributed by atoms with Gasteiger partial charge in [-0.2, -0.15) is 0 Å². The van der Waals surface area contributed by atoms with Crippen LogP contribution in [0.4, 0.5) is 5.82 Å². The molecule has 3 rings (SSSR count). The summed E-state index contributed by atoms with van der Waals surface area (Å²) in [5.74, 6) is 3.53. The van der Waals surface area contributed by atoms with Crippen molar-refractivity contribution in [1.29, 1.82) is 0 Å². The van der Waals surface area contributed by atoms with Crippen LogP contribution in [0.3, 0.4) is 0 Å². The van der Waals surface area contributed by atoms with E-state index in [1.807, 2.05) is 0 Å². The van der Waals surface area contributed by atoms with Crippen LogP contribution in [0.2, 0.25) is 0 Å². The van der Waals surface area contributed by atoms with E-state index in [0.717, 1.165) is 35.4 Å². The van der Waals surface area contributed by atoms with Gasteiger partial charge in [0.1, 0.15) is 16.5 Å². The highest BCUT2D eigenvalue weighted by atomic mass is 32.1. The summed E-state index contributed by atoms with van der Waals surface area (Å²) in [4.78, 5) is 10.8. The van der Waals surface area contributed by atoms with Crippen molar-refractivity contribution in [1.82, 2.24) is 9.97 Å². The minimum Gasteiger partial charge on any atom is -0.369 e. The van der Waals surface area contributed by atoms with E-state index in [1.54, 1.807) is 11.3 Å². The van der Waals surface area contributed by atoms with Gasteiger partial charge in [-0.1, -0.05) is 20.3 Å². The van der Waals surface area contributed by atoms with Crippen LogP contribution in [-0.2, 0) is 0 Å². The zero-order valence-electron chi connectivity index (χ0n) is 12.4. The SMILES string of the molecule is CCCNc1nc(C2CCC(CC)C2)nc2sccc12. The molecule has 0 aliphatic heterocycles. The van der Waals surface area contributed by atoms with Gasteiger partial charge in [0.15, 0.2) is 0 Å². The van der Waals surface area contributed by atoms with Crippen molar-refractivity contribution >= 4 is 27.4 Å². The van der Waals surface area contributed by atoms with Gasteiger partial charge in [0, 0.05) is 12.5 Å². The first-order valence-electron chi connectivity index (χ1n) is 7.80. The lowest BCUT2D eigenvalue weighted by atomic mass is 10.0. The number of aromatic nitrogens is 2. The summed E-state index contributed by atoms with van der Waals surface area (Å²) in [5, 5.41) is 6.76. The number of rotatable bonds is 5. The topological polar surface area (TPSA) is 37.8 Å². The molecule has 20 heavy (non-hydrogen) atoms. The maximum atomic E-state index is 4.85. The van der Waals surface area contributed by atoms with Crippen LogP contribution < -0.4 is 5.32 Å². The fraction of sp³-hybridized carbons (Fsp3) is 0.625. The molecule has 2 unspecified atom stereocenters. The number of hydrogen-bond acceptors (Lipinski definition) is 4. The van der Waals surface area contributed by atoms with Gasteiger partial charge >= 0.3 is 0 Å². The Hall–Kier alpha value is -1.16. The van der Waals surface area contributed by atoms with Crippen LogP contribution in [0.15, 0.2) is 11.4 Å². The number of nitrogens with zero attached hydrogens (tertiary/aromatic N) is 2. The smallest absolute Gasteiger partial charge is 0.138 e. The molecule has 0 aromatic carbocycles. The molecule has 2 atom stereocenters. The first-order chi connectivity index (χ1) is 9.81. The summed E-state index contributed by atoms with van der Waals surface area (Å²) in [6.45, 7) is 5.46. The largest absolute Gasteiger partial charge is 0.369 e. The fourth-order valence-electron chi connectivity index (χ4n) is 3.11. The Bertz CT molecular complexity index is 578. The van der Waals surface area contributed by atoms with Crippen LogP contribution in [0.25, 0.3) is 10.2 Å². The third kappa shape index (κ3) is 2.66. The van der Waals surface area contributed by atoms with Crippen molar-refractivity contribution < 1.29 is 0 Å². The molecule has 0 bridgehead atoms. The molecule has 1 saturated carbocycles. The van der Waals surface area contributed by atoms with Gasteiger partial charge in [-0.25, -0.2) is 9.97 Å². The first-order valence-corrected chi connectivity index (χ1v) is 8.68. The van der Waals surface area contributed by atoms with E-state index in [-0.39, 0.29) is 0 Å². The van der Waals surface area contributed by atoms with Crippen molar-refractivity contribution in [3.8, 4) is 0 Å². The Morgan fingerprint density at radius 2 is 2.20 bits per heavy atom. The van der Waals surface area contributed by atoms with E-state index in [9.17, 15) is 0 Å². The normalized spacial score (nSPS) is 22.5. The molecule has 0 spiro atoms. The Kier molecular flexibility index (Phi) is 4.20. The molecule has 1 aliphatic carbocycles. The predicted molar refractivity (Wildman–Crippen MR) is 86.6 cm³/mol. The molecular weight excluding hydrogens is 266 g/mol. The van der Waals surface area contributed by atoms with Crippen molar-refractivity contribution in [2.45, 2.75) is 51.9 Å². The summed E-state index contributed by atoms with van der Waals surface area (Å²) in [6, 6.07) is 2.13. The third-order valence-electron chi connectivity index (χ3n) is 4.37. The highest BCUT2D eigenvalue weighted by molar-refractivity contribution is 7.16. The summed E-state index contributed by atoms with van der Waals surface area (Å²) in [7, 11) is 0. The summed E-state index contributed by atoms with van der Waals surface area (Å²) < 4.78 is 0. The van der Waals surface area contributed by atoms with Gasteiger partial charge in [-0.05, 0) is 43.0 Å². The minimum atomic E-state index is 0.564. The molecule has 2 aromatic rings. The Morgan fingerprint density at radius 1 is 1.30 bits per heavy atom. The second-order valence-electron chi connectivity index (χ2n) is 5.78. The van der Waals surface area contributed by atoms with Gasteiger partial charge in [0.05, 0.1) is 5.39 Å². The number of fused-ring (bicyclic) bond motifs is 1. The maximum absolute atomic E-state index is 4.85. The van der Waals surface area contributed by atoms with Crippen LogP contribution in [0, 0.1) is 5.92 Å².